The summed E-state index contributed by atoms with van der Waals surface area (Å²) in [5.74, 6) is 2.37. The normalized spacial score (nSPS) is 19.3. The summed E-state index contributed by atoms with van der Waals surface area (Å²) >= 11 is 0. The van der Waals surface area contributed by atoms with Crippen molar-refractivity contribution in [3.05, 3.63) is 56.8 Å². The minimum Gasteiger partial charge on any atom is -0.508 e. The van der Waals surface area contributed by atoms with E-state index < -0.39 is 0 Å². The fraction of sp³-hybridized carbons (Fsp3) is 0.400. The Labute approximate surface area is 151 Å². The summed E-state index contributed by atoms with van der Waals surface area (Å²) in [5.41, 5.74) is 3.83. The molecule has 2 aliphatic heterocycles. The Balaban J connectivity index is 1.35. The lowest BCUT2D eigenvalue weighted by atomic mass is 10.0. The minimum absolute atomic E-state index is 0.0192. The third kappa shape index (κ3) is 2.90. The van der Waals surface area contributed by atoms with Crippen LogP contribution in [0.2, 0.25) is 0 Å². The predicted octanol–water partition coefficient (Wildman–Crippen LogP) is 2.19. The van der Waals surface area contributed by atoms with Crippen molar-refractivity contribution in [2.45, 2.75) is 31.7 Å². The zero-order valence-corrected chi connectivity index (χ0v) is 14.5. The first kappa shape index (κ1) is 15.6. The van der Waals surface area contributed by atoms with Gasteiger partial charge in [-0.05, 0) is 42.7 Å². The van der Waals surface area contributed by atoms with Gasteiger partial charge in [-0.15, -0.1) is 0 Å². The van der Waals surface area contributed by atoms with E-state index in [1.807, 2.05) is 0 Å². The number of nitrogens with one attached hydrogen (secondary N) is 1. The van der Waals surface area contributed by atoms with E-state index in [1.165, 1.54) is 0 Å². The van der Waals surface area contributed by atoms with Crippen molar-refractivity contribution in [3.8, 4) is 11.5 Å². The molecule has 0 radical (unpaired) electrons. The van der Waals surface area contributed by atoms with Crippen LogP contribution in [0.15, 0.2) is 28.6 Å². The van der Waals surface area contributed by atoms with Gasteiger partial charge in [0.25, 0.3) is 5.56 Å². The second-order valence-corrected chi connectivity index (χ2v) is 7.42. The number of nitrogens with zero attached hydrogens (tertiary/aromatic N) is 2. The lowest BCUT2D eigenvalue weighted by Crippen LogP contribution is -2.37. The topological polar surface area (TPSA) is 78.5 Å². The van der Waals surface area contributed by atoms with Crippen LogP contribution in [0.25, 0.3) is 6.08 Å². The highest BCUT2D eigenvalue weighted by Crippen LogP contribution is 2.38. The molecule has 6 nitrogen and oxygen atoms in total. The van der Waals surface area contributed by atoms with Crippen molar-refractivity contribution >= 4 is 6.08 Å². The molecule has 3 aliphatic rings. The summed E-state index contributed by atoms with van der Waals surface area (Å²) < 4.78 is 5.79. The number of rotatable bonds is 3. The minimum atomic E-state index is 0.0192. The molecule has 1 saturated carbocycles. The van der Waals surface area contributed by atoms with E-state index in [2.05, 4.69) is 16.0 Å². The van der Waals surface area contributed by atoms with Gasteiger partial charge in [0, 0.05) is 37.5 Å². The first-order valence-corrected chi connectivity index (χ1v) is 9.15. The van der Waals surface area contributed by atoms with Crippen LogP contribution in [0.3, 0.4) is 0 Å². The molecule has 0 atom stereocenters. The fourth-order valence-electron chi connectivity index (χ4n) is 3.78. The van der Waals surface area contributed by atoms with Gasteiger partial charge in [-0.2, -0.15) is 0 Å². The van der Waals surface area contributed by atoms with E-state index in [1.54, 1.807) is 18.2 Å². The number of phenolic OH excluding ortho intramolecular Hbond substituents is 1. The maximum absolute atomic E-state index is 12.5. The molecule has 26 heavy (non-hydrogen) atoms. The number of hydrogen-bond acceptors (Lipinski definition) is 5. The molecule has 2 N–H and O–H groups in total. The first-order chi connectivity index (χ1) is 12.7. The molecule has 1 fully saturated rings. The highest BCUT2D eigenvalue weighted by Gasteiger charge is 2.29. The Morgan fingerprint density at radius 2 is 2.23 bits per heavy atom. The van der Waals surface area contributed by atoms with Crippen LogP contribution in [-0.4, -0.2) is 39.7 Å². The van der Waals surface area contributed by atoms with Gasteiger partial charge in [0.15, 0.2) is 0 Å². The molecule has 6 heteroatoms. The summed E-state index contributed by atoms with van der Waals surface area (Å²) in [7, 11) is 0. The maximum Gasteiger partial charge on any atom is 0.255 e. The Morgan fingerprint density at radius 1 is 1.35 bits per heavy atom. The van der Waals surface area contributed by atoms with Gasteiger partial charge < -0.3 is 14.8 Å². The first-order valence-electron chi connectivity index (χ1n) is 9.15. The number of H-pyrrole nitrogens is 1. The van der Waals surface area contributed by atoms with Gasteiger partial charge >= 0.3 is 0 Å². The summed E-state index contributed by atoms with van der Waals surface area (Å²) in [6.45, 7) is 2.79. The van der Waals surface area contributed by atoms with E-state index in [0.717, 1.165) is 66.3 Å². The number of benzene rings is 1. The predicted molar refractivity (Wildman–Crippen MR) is 97.4 cm³/mol. The van der Waals surface area contributed by atoms with Crippen LogP contribution < -0.4 is 10.3 Å². The number of ether oxygens (including phenoxy) is 1. The number of phenols is 1. The molecule has 0 saturated heterocycles. The van der Waals surface area contributed by atoms with Gasteiger partial charge in [0.1, 0.15) is 23.9 Å². The zero-order valence-electron chi connectivity index (χ0n) is 14.5. The molecule has 2 aromatic rings. The largest absolute Gasteiger partial charge is 0.508 e. The van der Waals surface area contributed by atoms with Crippen molar-refractivity contribution in [2.24, 2.45) is 0 Å². The molecule has 1 aliphatic carbocycles. The fourth-order valence-corrected chi connectivity index (χ4v) is 3.78. The summed E-state index contributed by atoms with van der Waals surface area (Å²) in [4.78, 5) is 22.4. The van der Waals surface area contributed by atoms with Gasteiger partial charge in [-0.3, -0.25) is 9.69 Å². The Morgan fingerprint density at radius 3 is 3.08 bits per heavy atom. The number of aromatic amines is 1. The second-order valence-electron chi connectivity index (χ2n) is 7.42. The third-order valence-electron chi connectivity index (χ3n) is 5.32. The van der Waals surface area contributed by atoms with E-state index in [9.17, 15) is 9.90 Å². The van der Waals surface area contributed by atoms with E-state index >= 15 is 0 Å². The summed E-state index contributed by atoms with van der Waals surface area (Å²) in [6.07, 6.45) is 5.16. The molecule has 0 unspecified atom stereocenters. The standard InChI is InChI=1S/C20H21N3O3/c24-15-3-4-18-14(8-15)7-12(11-26-18)9-23-6-5-17-16(10-23)20(25)22-19(21-17)13-1-2-13/h3-4,7-8,13,24H,1-2,5-6,9-11H2,(H,21,22,25). The Hall–Kier alpha value is -2.60. The molecule has 134 valence electrons. The van der Waals surface area contributed by atoms with Crippen molar-refractivity contribution in [1.82, 2.24) is 14.9 Å². The zero-order chi connectivity index (χ0) is 17.7. The number of fused-ring (bicyclic) bond motifs is 2. The second kappa shape index (κ2) is 5.99. The van der Waals surface area contributed by atoms with Crippen LogP contribution >= 0.6 is 0 Å². The molecule has 1 aromatic carbocycles. The lowest BCUT2D eigenvalue weighted by Gasteiger charge is -2.29. The van der Waals surface area contributed by atoms with Crippen LogP contribution in [0.5, 0.6) is 11.5 Å². The van der Waals surface area contributed by atoms with Gasteiger partial charge in [0.2, 0.25) is 0 Å². The van der Waals surface area contributed by atoms with Gasteiger partial charge in [-0.25, -0.2) is 4.98 Å². The van der Waals surface area contributed by atoms with E-state index in [-0.39, 0.29) is 11.3 Å². The number of aromatic hydroxyl groups is 1. The van der Waals surface area contributed by atoms with Crippen molar-refractivity contribution < 1.29 is 9.84 Å². The third-order valence-corrected chi connectivity index (χ3v) is 5.32. The average Bonchev–Trinajstić information content (AvgIpc) is 3.47. The highest BCUT2D eigenvalue weighted by atomic mass is 16.5. The molecular formula is C20H21N3O3. The van der Waals surface area contributed by atoms with Crippen LogP contribution in [0, 0.1) is 0 Å². The summed E-state index contributed by atoms with van der Waals surface area (Å²) in [6, 6.07) is 5.14. The number of hydrogen-bond donors (Lipinski definition) is 2. The number of aromatic nitrogens is 2. The Bertz CT molecular complexity index is 959. The van der Waals surface area contributed by atoms with Crippen molar-refractivity contribution in [1.29, 1.82) is 0 Å². The van der Waals surface area contributed by atoms with Crippen LogP contribution in [-0.2, 0) is 13.0 Å². The molecule has 0 spiro atoms. The van der Waals surface area contributed by atoms with Crippen molar-refractivity contribution in [2.75, 3.05) is 19.7 Å². The molecule has 1 aromatic heterocycles. The summed E-state index contributed by atoms with van der Waals surface area (Å²) in [5, 5.41) is 9.66. The van der Waals surface area contributed by atoms with Crippen molar-refractivity contribution in [3.63, 3.8) is 0 Å². The van der Waals surface area contributed by atoms with Crippen LogP contribution in [0.4, 0.5) is 0 Å². The lowest BCUT2D eigenvalue weighted by molar-refractivity contribution is 0.253. The van der Waals surface area contributed by atoms with Gasteiger partial charge in [0.05, 0.1) is 11.3 Å². The SMILES string of the molecule is O=c1[nH]c(C2CC2)nc2c1CN(CC1=Cc3cc(O)ccc3OC1)CC2. The molecule has 0 bridgehead atoms. The quantitative estimate of drug-likeness (QED) is 0.886. The van der Waals surface area contributed by atoms with Gasteiger partial charge in [-0.1, -0.05) is 0 Å². The molecular weight excluding hydrogens is 330 g/mol. The molecule has 3 heterocycles. The van der Waals surface area contributed by atoms with E-state index in [4.69, 9.17) is 9.72 Å². The molecule has 0 amide bonds. The maximum atomic E-state index is 12.5. The molecule has 5 rings (SSSR count). The van der Waals surface area contributed by atoms with E-state index in [0.29, 0.717) is 19.1 Å². The highest BCUT2D eigenvalue weighted by molar-refractivity contribution is 5.64. The smallest absolute Gasteiger partial charge is 0.255 e. The monoisotopic (exact) mass is 351 g/mol. The average molecular weight is 351 g/mol. The van der Waals surface area contributed by atoms with Crippen LogP contribution in [0.1, 0.15) is 41.4 Å². The Kier molecular flexibility index (Phi) is 3.60.